The van der Waals surface area contributed by atoms with Crippen LogP contribution in [0.5, 0.6) is 0 Å². The first kappa shape index (κ1) is 17.1. The number of nitrogens with one attached hydrogen (secondary N) is 1. The molecule has 2 aromatic carbocycles. The van der Waals surface area contributed by atoms with Gasteiger partial charge in [-0.1, -0.05) is 31.9 Å². The van der Waals surface area contributed by atoms with E-state index in [0.717, 1.165) is 14.5 Å². The Morgan fingerprint density at radius 2 is 1.67 bits per heavy atom. The lowest BCUT2D eigenvalue weighted by Gasteiger charge is -2.18. The molecule has 1 N–H and O–H groups in total. The van der Waals surface area contributed by atoms with Gasteiger partial charge < -0.3 is 5.32 Å². The lowest BCUT2D eigenvalue weighted by Crippen LogP contribution is -2.20. The molecule has 0 amide bonds. The molecule has 1 nitrogen and oxygen atoms in total. The van der Waals surface area contributed by atoms with E-state index in [2.05, 4.69) is 53.1 Å². The molecule has 0 spiro atoms. The SMILES string of the molecule is CNC(Cc1c(F)ccc(Br)c1F)c1cc(Br)cc(Br)c1. The fourth-order valence-corrected chi connectivity index (χ4v) is 3.82. The van der Waals surface area contributed by atoms with Gasteiger partial charge in [0.25, 0.3) is 0 Å². The molecule has 2 rings (SSSR count). The normalized spacial score (nSPS) is 12.5. The Morgan fingerprint density at radius 1 is 1.05 bits per heavy atom. The summed E-state index contributed by atoms with van der Waals surface area (Å²) in [5.74, 6) is -1.09. The van der Waals surface area contributed by atoms with Gasteiger partial charge in [0, 0.05) is 20.6 Å². The van der Waals surface area contributed by atoms with E-state index in [1.165, 1.54) is 12.1 Å². The smallest absolute Gasteiger partial charge is 0.143 e. The summed E-state index contributed by atoms with van der Waals surface area (Å²) >= 11 is 9.94. The molecule has 2 aromatic rings. The van der Waals surface area contributed by atoms with Crippen molar-refractivity contribution in [1.29, 1.82) is 0 Å². The molecule has 0 saturated carbocycles. The summed E-state index contributed by atoms with van der Waals surface area (Å²) in [5, 5.41) is 3.10. The van der Waals surface area contributed by atoms with E-state index < -0.39 is 11.6 Å². The molecular formula is C15H12Br3F2N. The molecule has 1 unspecified atom stereocenters. The Labute approximate surface area is 147 Å². The monoisotopic (exact) mass is 481 g/mol. The predicted molar refractivity (Wildman–Crippen MR) is 91.4 cm³/mol. The molecule has 6 heteroatoms. The van der Waals surface area contributed by atoms with Crippen LogP contribution in [0.2, 0.25) is 0 Å². The molecule has 0 radical (unpaired) electrons. The van der Waals surface area contributed by atoms with Crippen molar-refractivity contribution in [2.24, 2.45) is 0 Å². The second-order valence-electron chi connectivity index (χ2n) is 4.57. The molecule has 0 heterocycles. The average Bonchev–Trinajstić information content (AvgIpc) is 2.42. The summed E-state index contributed by atoms with van der Waals surface area (Å²) in [5.41, 5.74) is 1.01. The Balaban J connectivity index is 2.38. The number of benzene rings is 2. The molecule has 0 aliphatic carbocycles. The van der Waals surface area contributed by atoms with E-state index in [0.29, 0.717) is 0 Å². The molecule has 0 fully saturated rings. The second-order valence-corrected chi connectivity index (χ2v) is 7.26. The molecule has 0 bridgehead atoms. The molecule has 21 heavy (non-hydrogen) atoms. The van der Waals surface area contributed by atoms with Gasteiger partial charge in [0.2, 0.25) is 0 Å². The van der Waals surface area contributed by atoms with Crippen LogP contribution in [0.25, 0.3) is 0 Å². The summed E-state index contributed by atoms with van der Waals surface area (Å²) in [7, 11) is 1.77. The van der Waals surface area contributed by atoms with E-state index in [-0.39, 0.29) is 22.5 Å². The van der Waals surface area contributed by atoms with E-state index in [1.807, 2.05) is 18.2 Å². The maximum atomic E-state index is 14.1. The van der Waals surface area contributed by atoms with Crippen molar-refractivity contribution < 1.29 is 8.78 Å². The van der Waals surface area contributed by atoms with Gasteiger partial charge in [0.15, 0.2) is 0 Å². The van der Waals surface area contributed by atoms with Crippen molar-refractivity contribution in [2.75, 3.05) is 7.05 Å². The Morgan fingerprint density at radius 3 is 2.24 bits per heavy atom. The minimum Gasteiger partial charge on any atom is -0.313 e. The number of halogens is 5. The standard InChI is InChI=1S/C15H12Br3F2N/c1-21-14(8-4-9(16)6-10(17)5-8)7-11-13(19)3-2-12(18)15(11)20/h2-6,14,21H,7H2,1H3. The van der Waals surface area contributed by atoms with Crippen molar-refractivity contribution in [3.05, 3.63) is 66.5 Å². The first-order valence-corrected chi connectivity index (χ1v) is 8.56. The summed E-state index contributed by atoms with van der Waals surface area (Å²) in [6.45, 7) is 0. The second kappa shape index (κ2) is 7.31. The van der Waals surface area contributed by atoms with Crippen LogP contribution in [0.1, 0.15) is 17.2 Å². The third-order valence-electron chi connectivity index (χ3n) is 3.18. The van der Waals surface area contributed by atoms with Crippen LogP contribution >= 0.6 is 47.8 Å². The van der Waals surface area contributed by atoms with Gasteiger partial charge in [-0.3, -0.25) is 0 Å². The molecule has 0 aromatic heterocycles. The van der Waals surface area contributed by atoms with Gasteiger partial charge in [-0.25, -0.2) is 8.78 Å². The van der Waals surface area contributed by atoms with Crippen LogP contribution in [-0.2, 0) is 6.42 Å². The third-order valence-corrected chi connectivity index (χ3v) is 4.71. The summed E-state index contributed by atoms with van der Waals surface area (Å²) in [6.07, 6.45) is 0.219. The number of likely N-dealkylation sites (N-methyl/N-ethyl adjacent to an activating group) is 1. The highest BCUT2D eigenvalue weighted by atomic mass is 79.9. The van der Waals surface area contributed by atoms with Gasteiger partial charge >= 0.3 is 0 Å². The Kier molecular flexibility index (Phi) is 5.94. The van der Waals surface area contributed by atoms with Crippen molar-refractivity contribution in [3.63, 3.8) is 0 Å². The van der Waals surface area contributed by atoms with Crippen LogP contribution < -0.4 is 5.32 Å². The van der Waals surface area contributed by atoms with Crippen molar-refractivity contribution in [1.82, 2.24) is 5.32 Å². The predicted octanol–water partition coefficient (Wildman–Crippen LogP) is 5.76. The van der Waals surface area contributed by atoms with Crippen molar-refractivity contribution >= 4 is 47.8 Å². The zero-order valence-corrected chi connectivity index (χ0v) is 15.8. The average molecular weight is 484 g/mol. The highest BCUT2D eigenvalue weighted by Gasteiger charge is 2.18. The molecule has 112 valence electrons. The topological polar surface area (TPSA) is 12.0 Å². The largest absolute Gasteiger partial charge is 0.313 e. The van der Waals surface area contributed by atoms with Crippen LogP contribution in [0, 0.1) is 11.6 Å². The number of hydrogen-bond acceptors (Lipinski definition) is 1. The summed E-state index contributed by atoms with van der Waals surface area (Å²) in [6, 6.07) is 8.22. The zero-order chi connectivity index (χ0) is 15.6. The quantitative estimate of drug-likeness (QED) is 0.545. The summed E-state index contributed by atoms with van der Waals surface area (Å²) in [4.78, 5) is 0. The molecule has 0 aliphatic rings. The Hall–Kier alpha value is -0.300. The van der Waals surface area contributed by atoms with Gasteiger partial charge in [0.1, 0.15) is 11.6 Å². The minimum atomic E-state index is -0.552. The minimum absolute atomic E-state index is 0.0693. The van der Waals surface area contributed by atoms with Crippen molar-refractivity contribution in [3.8, 4) is 0 Å². The summed E-state index contributed by atoms with van der Waals surface area (Å²) < 4.78 is 30.1. The fraction of sp³-hybridized carbons (Fsp3) is 0.200. The Bertz CT molecular complexity index is 641. The van der Waals surface area contributed by atoms with Crippen LogP contribution in [0.4, 0.5) is 8.78 Å². The highest BCUT2D eigenvalue weighted by molar-refractivity contribution is 9.11. The third kappa shape index (κ3) is 4.12. The first-order chi connectivity index (χ1) is 9.92. The lowest BCUT2D eigenvalue weighted by atomic mass is 9.98. The van der Waals surface area contributed by atoms with E-state index in [1.54, 1.807) is 7.05 Å². The van der Waals surface area contributed by atoms with Crippen LogP contribution in [-0.4, -0.2) is 7.05 Å². The van der Waals surface area contributed by atoms with Crippen LogP contribution in [0.3, 0.4) is 0 Å². The molecule has 0 aliphatic heterocycles. The maximum absolute atomic E-state index is 14.1. The lowest BCUT2D eigenvalue weighted by molar-refractivity contribution is 0.512. The molecular weight excluding hydrogens is 472 g/mol. The van der Waals surface area contributed by atoms with Crippen molar-refractivity contribution in [2.45, 2.75) is 12.5 Å². The van der Waals surface area contributed by atoms with E-state index in [4.69, 9.17) is 0 Å². The molecule has 1 atom stereocenters. The van der Waals surface area contributed by atoms with Gasteiger partial charge in [-0.15, -0.1) is 0 Å². The van der Waals surface area contributed by atoms with Gasteiger partial charge in [-0.05, 0) is 65.3 Å². The maximum Gasteiger partial charge on any atom is 0.143 e. The van der Waals surface area contributed by atoms with Gasteiger partial charge in [0.05, 0.1) is 4.47 Å². The van der Waals surface area contributed by atoms with Gasteiger partial charge in [-0.2, -0.15) is 0 Å². The fourth-order valence-electron chi connectivity index (χ4n) is 2.12. The van der Waals surface area contributed by atoms with E-state index in [9.17, 15) is 8.78 Å². The highest BCUT2D eigenvalue weighted by Crippen LogP contribution is 2.29. The first-order valence-electron chi connectivity index (χ1n) is 6.18. The van der Waals surface area contributed by atoms with Crippen LogP contribution in [0.15, 0.2) is 43.7 Å². The number of hydrogen-bond donors (Lipinski definition) is 1. The molecule has 0 saturated heterocycles. The zero-order valence-electron chi connectivity index (χ0n) is 11.1. The number of rotatable bonds is 4. The van der Waals surface area contributed by atoms with E-state index >= 15 is 0 Å².